The van der Waals surface area contributed by atoms with Crippen molar-refractivity contribution in [2.24, 2.45) is 0 Å². The molecular weight excluding hydrogens is 222 g/mol. The summed E-state index contributed by atoms with van der Waals surface area (Å²) in [4.78, 5) is 6.68. The quantitative estimate of drug-likeness (QED) is 0.886. The first-order chi connectivity index (χ1) is 8.92. The zero-order chi connectivity index (χ0) is 12.2. The minimum Gasteiger partial charge on any atom is -0.314 e. The van der Waals surface area contributed by atoms with Gasteiger partial charge in [0.25, 0.3) is 0 Å². The SMILES string of the molecule is c1cc2cc(CCN3CCNCC3)ccc2cn1. The number of rotatable bonds is 3. The number of fused-ring (bicyclic) bond motifs is 1. The average Bonchev–Trinajstić information content (AvgIpc) is 2.46. The molecule has 1 aromatic carbocycles. The molecule has 2 heterocycles. The normalized spacial score (nSPS) is 17.1. The second-order valence-corrected chi connectivity index (χ2v) is 4.90. The molecule has 0 bridgehead atoms. The van der Waals surface area contributed by atoms with Crippen LogP contribution in [0.3, 0.4) is 0 Å². The lowest BCUT2D eigenvalue weighted by molar-refractivity contribution is 0.244. The van der Waals surface area contributed by atoms with E-state index in [4.69, 9.17) is 0 Å². The Kier molecular flexibility index (Phi) is 3.53. The van der Waals surface area contributed by atoms with Crippen molar-refractivity contribution in [1.29, 1.82) is 0 Å². The van der Waals surface area contributed by atoms with E-state index in [1.807, 2.05) is 12.4 Å². The fraction of sp³-hybridized carbons (Fsp3) is 0.400. The molecule has 1 N–H and O–H groups in total. The second kappa shape index (κ2) is 5.46. The maximum absolute atomic E-state index is 4.15. The Morgan fingerprint density at radius 2 is 2.00 bits per heavy atom. The van der Waals surface area contributed by atoms with Gasteiger partial charge in [0.15, 0.2) is 0 Å². The van der Waals surface area contributed by atoms with Gasteiger partial charge in [0.05, 0.1) is 0 Å². The monoisotopic (exact) mass is 241 g/mol. The maximum Gasteiger partial charge on any atom is 0.0346 e. The van der Waals surface area contributed by atoms with Crippen molar-refractivity contribution < 1.29 is 0 Å². The number of hydrogen-bond acceptors (Lipinski definition) is 3. The maximum atomic E-state index is 4.15. The first kappa shape index (κ1) is 11.6. The minimum atomic E-state index is 1.13. The summed E-state index contributed by atoms with van der Waals surface area (Å²) in [6.45, 7) is 5.78. The molecule has 0 atom stereocenters. The summed E-state index contributed by atoms with van der Waals surface area (Å²) in [7, 11) is 0. The lowest BCUT2D eigenvalue weighted by Crippen LogP contribution is -2.44. The predicted molar refractivity (Wildman–Crippen MR) is 74.8 cm³/mol. The zero-order valence-electron chi connectivity index (χ0n) is 10.6. The van der Waals surface area contributed by atoms with Crippen molar-refractivity contribution in [1.82, 2.24) is 15.2 Å². The number of nitrogens with zero attached hydrogens (tertiary/aromatic N) is 2. The van der Waals surface area contributed by atoms with E-state index in [-0.39, 0.29) is 0 Å². The van der Waals surface area contributed by atoms with E-state index in [0.29, 0.717) is 0 Å². The molecular formula is C15H19N3. The molecule has 0 radical (unpaired) electrons. The molecule has 18 heavy (non-hydrogen) atoms. The third kappa shape index (κ3) is 2.68. The molecule has 3 heteroatoms. The molecule has 0 aliphatic carbocycles. The standard InChI is InChI=1S/C15H19N3/c1-2-15-12-17-5-3-14(15)11-13(1)4-8-18-9-6-16-7-10-18/h1-3,5,11-12,16H,4,6-10H2. The fourth-order valence-corrected chi connectivity index (χ4v) is 2.51. The molecule has 0 unspecified atom stereocenters. The molecule has 94 valence electrons. The summed E-state index contributed by atoms with van der Waals surface area (Å²) in [5.74, 6) is 0. The van der Waals surface area contributed by atoms with Crippen molar-refractivity contribution in [2.45, 2.75) is 6.42 Å². The van der Waals surface area contributed by atoms with Crippen LogP contribution < -0.4 is 5.32 Å². The van der Waals surface area contributed by atoms with E-state index in [2.05, 4.69) is 39.5 Å². The summed E-state index contributed by atoms with van der Waals surface area (Å²) in [5, 5.41) is 5.91. The summed E-state index contributed by atoms with van der Waals surface area (Å²) in [6.07, 6.45) is 4.93. The van der Waals surface area contributed by atoms with E-state index in [1.165, 1.54) is 29.4 Å². The summed E-state index contributed by atoms with van der Waals surface area (Å²) in [5.41, 5.74) is 1.42. The Labute approximate surface area is 108 Å². The van der Waals surface area contributed by atoms with E-state index in [0.717, 1.165) is 26.1 Å². The smallest absolute Gasteiger partial charge is 0.0346 e. The fourth-order valence-electron chi connectivity index (χ4n) is 2.51. The van der Waals surface area contributed by atoms with Gasteiger partial charge >= 0.3 is 0 Å². The topological polar surface area (TPSA) is 28.2 Å². The van der Waals surface area contributed by atoms with Gasteiger partial charge in [0, 0.05) is 50.5 Å². The highest BCUT2D eigenvalue weighted by molar-refractivity contribution is 5.81. The summed E-state index contributed by atoms with van der Waals surface area (Å²) in [6, 6.07) is 8.78. The van der Waals surface area contributed by atoms with Crippen LogP contribution >= 0.6 is 0 Å². The molecule has 1 aliphatic heterocycles. The van der Waals surface area contributed by atoms with E-state index < -0.39 is 0 Å². The average molecular weight is 241 g/mol. The highest BCUT2D eigenvalue weighted by atomic mass is 15.2. The number of hydrogen-bond donors (Lipinski definition) is 1. The second-order valence-electron chi connectivity index (χ2n) is 4.90. The van der Waals surface area contributed by atoms with Crippen molar-refractivity contribution in [3.05, 3.63) is 42.2 Å². The van der Waals surface area contributed by atoms with Crippen LogP contribution in [-0.4, -0.2) is 42.6 Å². The van der Waals surface area contributed by atoms with Crippen molar-refractivity contribution >= 4 is 10.8 Å². The lowest BCUT2D eigenvalue weighted by atomic mass is 10.1. The van der Waals surface area contributed by atoms with Crippen LogP contribution in [0.5, 0.6) is 0 Å². The van der Waals surface area contributed by atoms with Gasteiger partial charge < -0.3 is 10.2 Å². The highest BCUT2D eigenvalue weighted by Gasteiger charge is 2.08. The van der Waals surface area contributed by atoms with Crippen LogP contribution in [0.1, 0.15) is 5.56 Å². The molecule has 3 nitrogen and oxygen atoms in total. The predicted octanol–water partition coefficient (Wildman–Crippen LogP) is 1.68. The van der Waals surface area contributed by atoms with Gasteiger partial charge in [-0.25, -0.2) is 0 Å². The molecule has 2 aromatic rings. The molecule has 1 saturated heterocycles. The van der Waals surface area contributed by atoms with Crippen LogP contribution in [0.2, 0.25) is 0 Å². The Bertz CT molecular complexity index is 518. The number of pyridine rings is 1. The Morgan fingerprint density at radius 3 is 2.89 bits per heavy atom. The van der Waals surface area contributed by atoms with Crippen LogP contribution in [0.15, 0.2) is 36.7 Å². The lowest BCUT2D eigenvalue weighted by Gasteiger charge is -2.27. The van der Waals surface area contributed by atoms with Gasteiger partial charge in [0.2, 0.25) is 0 Å². The molecule has 1 aliphatic rings. The molecule has 3 rings (SSSR count). The first-order valence-electron chi connectivity index (χ1n) is 6.67. The van der Waals surface area contributed by atoms with Gasteiger partial charge in [-0.1, -0.05) is 18.2 Å². The van der Waals surface area contributed by atoms with Crippen molar-refractivity contribution in [3.8, 4) is 0 Å². The Balaban J connectivity index is 1.66. The van der Waals surface area contributed by atoms with Gasteiger partial charge in [-0.3, -0.25) is 4.98 Å². The largest absolute Gasteiger partial charge is 0.314 e. The van der Waals surface area contributed by atoms with Gasteiger partial charge in [0.1, 0.15) is 0 Å². The zero-order valence-corrected chi connectivity index (χ0v) is 10.6. The van der Waals surface area contributed by atoms with Crippen LogP contribution in [0.25, 0.3) is 10.8 Å². The Hall–Kier alpha value is -1.45. The molecule has 1 fully saturated rings. The van der Waals surface area contributed by atoms with E-state index >= 15 is 0 Å². The number of nitrogens with one attached hydrogen (secondary N) is 1. The molecule has 0 saturated carbocycles. The minimum absolute atomic E-state index is 1.13. The van der Waals surface area contributed by atoms with Gasteiger partial charge in [-0.05, 0) is 23.4 Å². The highest BCUT2D eigenvalue weighted by Crippen LogP contribution is 2.15. The van der Waals surface area contributed by atoms with Crippen LogP contribution in [0.4, 0.5) is 0 Å². The molecule has 1 aromatic heterocycles. The number of aromatic nitrogens is 1. The van der Waals surface area contributed by atoms with Crippen molar-refractivity contribution in [2.75, 3.05) is 32.7 Å². The van der Waals surface area contributed by atoms with Crippen molar-refractivity contribution in [3.63, 3.8) is 0 Å². The van der Waals surface area contributed by atoms with Gasteiger partial charge in [-0.2, -0.15) is 0 Å². The number of piperazine rings is 1. The van der Waals surface area contributed by atoms with E-state index in [1.54, 1.807) is 0 Å². The van der Waals surface area contributed by atoms with Crippen LogP contribution in [0, 0.1) is 0 Å². The van der Waals surface area contributed by atoms with Crippen LogP contribution in [-0.2, 0) is 6.42 Å². The summed E-state index contributed by atoms with van der Waals surface area (Å²) >= 11 is 0. The van der Waals surface area contributed by atoms with Gasteiger partial charge in [-0.15, -0.1) is 0 Å². The molecule has 0 spiro atoms. The third-order valence-corrected chi connectivity index (χ3v) is 3.63. The Morgan fingerprint density at radius 1 is 1.11 bits per heavy atom. The summed E-state index contributed by atoms with van der Waals surface area (Å²) < 4.78 is 0. The number of benzene rings is 1. The first-order valence-corrected chi connectivity index (χ1v) is 6.67. The third-order valence-electron chi connectivity index (χ3n) is 3.63. The van der Waals surface area contributed by atoms with E-state index in [9.17, 15) is 0 Å². The molecule has 0 amide bonds.